The minimum atomic E-state index is -0.399. The lowest BCUT2D eigenvalue weighted by Gasteiger charge is -2.09. The zero-order valence-corrected chi connectivity index (χ0v) is 7.86. The van der Waals surface area contributed by atoms with Gasteiger partial charge in [-0.15, -0.1) is 0 Å². The van der Waals surface area contributed by atoms with Gasteiger partial charge in [-0.1, -0.05) is 0 Å². The first-order chi connectivity index (χ1) is 6.13. The standard InChI is InChI=1S/C9H14N2O2/c1-7(13-2)5-11-4-3-8(6-11)9(10)12/h3-4,6-7H,5H2,1-2H3,(H2,10,12). The van der Waals surface area contributed by atoms with E-state index < -0.39 is 5.91 Å². The molecular formula is C9H14N2O2. The van der Waals surface area contributed by atoms with Gasteiger partial charge >= 0.3 is 0 Å². The Bertz CT molecular complexity index is 294. The molecule has 0 saturated carbocycles. The molecule has 0 bridgehead atoms. The van der Waals surface area contributed by atoms with Crippen LogP contribution in [0, 0.1) is 0 Å². The van der Waals surface area contributed by atoms with E-state index in [4.69, 9.17) is 10.5 Å². The lowest BCUT2D eigenvalue weighted by molar-refractivity contribution is 0.0993. The van der Waals surface area contributed by atoms with E-state index in [1.54, 1.807) is 19.4 Å². The van der Waals surface area contributed by atoms with Gasteiger partial charge in [0.1, 0.15) is 0 Å². The van der Waals surface area contributed by atoms with Gasteiger partial charge in [0.15, 0.2) is 0 Å². The Hall–Kier alpha value is -1.29. The summed E-state index contributed by atoms with van der Waals surface area (Å²) in [5, 5.41) is 0. The smallest absolute Gasteiger partial charge is 0.250 e. The number of amides is 1. The molecule has 1 unspecified atom stereocenters. The van der Waals surface area contributed by atoms with Crippen LogP contribution >= 0.6 is 0 Å². The Labute approximate surface area is 77.3 Å². The Balaban J connectivity index is 2.64. The molecule has 0 aromatic carbocycles. The van der Waals surface area contributed by atoms with Gasteiger partial charge < -0.3 is 15.0 Å². The third kappa shape index (κ3) is 2.59. The zero-order valence-electron chi connectivity index (χ0n) is 7.86. The van der Waals surface area contributed by atoms with Crippen LogP contribution in [0.5, 0.6) is 0 Å². The molecule has 0 aliphatic carbocycles. The van der Waals surface area contributed by atoms with Gasteiger partial charge in [0.05, 0.1) is 11.7 Å². The molecule has 72 valence electrons. The second-order valence-corrected chi connectivity index (χ2v) is 3.01. The van der Waals surface area contributed by atoms with Crippen molar-refractivity contribution >= 4 is 5.91 Å². The summed E-state index contributed by atoms with van der Waals surface area (Å²) in [5.74, 6) is -0.399. The van der Waals surface area contributed by atoms with E-state index in [9.17, 15) is 4.79 Å². The number of rotatable bonds is 4. The molecule has 1 rings (SSSR count). The fraction of sp³-hybridized carbons (Fsp3) is 0.444. The fourth-order valence-corrected chi connectivity index (χ4v) is 1.07. The molecule has 1 aromatic rings. The summed E-state index contributed by atoms with van der Waals surface area (Å²) < 4.78 is 6.97. The van der Waals surface area contributed by atoms with Crippen molar-refractivity contribution in [3.05, 3.63) is 24.0 Å². The first-order valence-electron chi connectivity index (χ1n) is 4.12. The van der Waals surface area contributed by atoms with Gasteiger partial charge in [0.2, 0.25) is 5.91 Å². The van der Waals surface area contributed by atoms with Crippen LogP contribution in [0.1, 0.15) is 17.3 Å². The molecule has 4 heteroatoms. The highest BCUT2D eigenvalue weighted by atomic mass is 16.5. The molecule has 0 fully saturated rings. The number of nitrogens with two attached hydrogens (primary N) is 1. The Morgan fingerprint density at radius 3 is 2.92 bits per heavy atom. The van der Waals surface area contributed by atoms with E-state index >= 15 is 0 Å². The van der Waals surface area contributed by atoms with Crippen LogP contribution in [-0.2, 0) is 11.3 Å². The summed E-state index contributed by atoms with van der Waals surface area (Å²) >= 11 is 0. The molecule has 1 atom stereocenters. The number of ether oxygens (including phenoxy) is 1. The van der Waals surface area contributed by atoms with Gasteiger partial charge in [0, 0.05) is 26.0 Å². The monoisotopic (exact) mass is 182 g/mol. The summed E-state index contributed by atoms with van der Waals surface area (Å²) in [6.45, 7) is 2.69. The lowest BCUT2D eigenvalue weighted by atomic mass is 10.3. The van der Waals surface area contributed by atoms with Crippen molar-refractivity contribution in [2.45, 2.75) is 19.6 Å². The average molecular weight is 182 g/mol. The van der Waals surface area contributed by atoms with Crippen molar-refractivity contribution < 1.29 is 9.53 Å². The number of nitrogens with zero attached hydrogens (tertiary/aromatic N) is 1. The number of carbonyl (C=O) groups is 1. The predicted octanol–water partition coefficient (Wildman–Crippen LogP) is 0.622. The van der Waals surface area contributed by atoms with Gasteiger partial charge in [-0.05, 0) is 13.0 Å². The van der Waals surface area contributed by atoms with Crippen molar-refractivity contribution in [2.75, 3.05) is 7.11 Å². The van der Waals surface area contributed by atoms with E-state index in [2.05, 4.69) is 0 Å². The van der Waals surface area contributed by atoms with Crippen molar-refractivity contribution in [3.63, 3.8) is 0 Å². The van der Waals surface area contributed by atoms with E-state index in [-0.39, 0.29) is 6.10 Å². The molecule has 13 heavy (non-hydrogen) atoms. The van der Waals surface area contributed by atoms with Crippen molar-refractivity contribution in [1.82, 2.24) is 4.57 Å². The van der Waals surface area contributed by atoms with Crippen LogP contribution in [0.4, 0.5) is 0 Å². The Morgan fingerprint density at radius 2 is 2.46 bits per heavy atom. The first kappa shape index (κ1) is 9.80. The summed E-state index contributed by atoms with van der Waals surface area (Å²) in [7, 11) is 1.66. The van der Waals surface area contributed by atoms with Crippen LogP contribution in [0.3, 0.4) is 0 Å². The summed E-state index contributed by atoms with van der Waals surface area (Å²) in [6, 6.07) is 1.70. The highest BCUT2D eigenvalue weighted by Crippen LogP contribution is 2.02. The van der Waals surface area contributed by atoms with Gasteiger partial charge in [0.25, 0.3) is 0 Å². The van der Waals surface area contributed by atoms with E-state index in [0.717, 1.165) is 6.54 Å². The van der Waals surface area contributed by atoms with Gasteiger partial charge in [-0.3, -0.25) is 4.79 Å². The summed E-state index contributed by atoms with van der Waals surface area (Å²) in [5.41, 5.74) is 5.64. The van der Waals surface area contributed by atoms with E-state index in [1.807, 2.05) is 17.7 Å². The molecule has 0 spiro atoms. The highest BCUT2D eigenvalue weighted by molar-refractivity contribution is 5.92. The van der Waals surface area contributed by atoms with Crippen LogP contribution in [0.2, 0.25) is 0 Å². The number of methoxy groups -OCH3 is 1. The molecule has 4 nitrogen and oxygen atoms in total. The second kappa shape index (κ2) is 4.09. The molecule has 0 aliphatic heterocycles. The third-order valence-corrected chi connectivity index (χ3v) is 1.91. The normalized spacial score (nSPS) is 12.8. The lowest BCUT2D eigenvalue weighted by Crippen LogP contribution is -2.14. The molecule has 1 heterocycles. The van der Waals surface area contributed by atoms with Crippen molar-refractivity contribution in [2.24, 2.45) is 5.73 Å². The molecule has 0 saturated heterocycles. The van der Waals surface area contributed by atoms with E-state index in [1.165, 1.54) is 0 Å². The molecule has 0 radical (unpaired) electrons. The third-order valence-electron chi connectivity index (χ3n) is 1.91. The Morgan fingerprint density at radius 1 is 1.77 bits per heavy atom. The fourth-order valence-electron chi connectivity index (χ4n) is 1.07. The van der Waals surface area contributed by atoms with E-state index in [0.29, 0.717) is 5.56 Å². The van der Waals surface area contributed by atoms with Crippen LogP contribution < -0.4 is 5.73 Å². The zero-order chi connectivity index (χ0) is 9.84. The minimum absolute atomic E-state index is 0.133. The molecular weight excluding hydrogens is 168 g/mol. The average Bonchev–Trinajstić information content (AvgIpc) is 2.52. The van der Waals surface area contributed by atoms with Crippen LogP contribution in [0.25, 0.3) is 0 Å². The van der Waals surface area contributed by atoms with Gasteiger partial charge in [-0.25, -0.2) is 0 Å². The maximum Gasteiger partial charge on any atom is 0.250 e. The molecule has 1 aromatic heterocycles. The van der Waals surface area contributed by atoms with Crippen molar-refractivity contribution in [1.29, 1.82) is 0 Å². The number of aromatic nitrogens is 1. The summed E-state index contributed by atoms with van der Waals surface area (Å²) in [4.78, 5) is 10.7. The van der Waals surface area contributed by atoms with Gasteiger partial charge in [-0.2, -0.15) is 0 Å². The highest BCUT2D eigenvalue weighted by Gasteiger charge is 2.04. The first-order valence-corrected chi connectivity index (χ1v) is 4.12. The number of primary amides is 1. The predicted molar refractivity (Wildman–Crippen MR) is 49.4 cm³/mol. The van der Waals surface area contributed by atoms with Crippen LogP contribution in [0.15, 0.2) is 18.5 Å². The Kier molecular flexibility index (Phi) is 3.08. The largest absolute Gasteiger partial charge is 0.380 e. The quantitative estimate of drug-likeness (QED) is 0.742. The maximum atomic E-state index is 10.7. The molecule has 0 aliphatic rings. The van der Waals surface area contributed by atoms with Crippen molar-refractivity contribution in [3.8, 4) is 0 Å². The molecule has 1 amide bonds. The minimum Gasteiger partial charge on any atom is -0.380 e. The number of hydrogen-bond acceptors (Lipinski definition) is 2. The summed E-state index contributed by atoms with van der Waals surface area (Å²) in [6.07, 6.45) is 3.67. The topological polar surface area (TPSA) is 57.2 Å². The number of hydrogen-bond donors (Lipinski definition) is 1. The maximum absolute atomic E-state index is 10.7. The second-order valence-electron chi connectivity index (χ2n) is 3.01. The molecule has 2 N–H and O–H groups in total. The van der Waals surface area contributed by atoms with Crippen LogP contribution in [-0.4, -0.2) is 23.7 Å². The SMILES string of the molecule is COC(C)Cn1ccc(C(N)=O)c1. The number of carbonyl (C=O) groups excluding carboxylic acids is 1.